The van der Waals surface area contributed by atoms with Crippen LogP contribution in [0.25, 0.3) is 22.6 Å². The predicted octanol–water partition coefficient (Wildman–Crippen LogP) is 1.80. The van der Waals surface area contributed by atoms with Crippen LogP contribution in [0.2, 0.25) is 0 Å². The van der Waals surface area contributed by atoms with E-state index in [-0.39, 0.29) is 0 Å². The van der Waals surface area contributed by atoms with Gasteiger partial charge in [-0.15, -0.1) is 0 Å². The fraction of sp³-hybridized carbons (Fsp3) is 0.417. The quantitative estimate of drug-likeness (QED) is 0.747. The molecule has 0 radical (unpaired) electrons. The molecule has 1 N–H and O–H groups in total. The minimum Gasteiger partial charge on any atom is -0.335 e. The van der Waals surface area contributed by atoms with Crippen molar-refractivity contribution >= 4 is 11.2 Å². The van der Waals surface area contributed by atoms with Crippen LogP contribution in [0.5, 0.6) is 0 Å². The molecular weight excluding hydrogens is 228 g/mol. The highest BCUT2D eigenvalue weighted by Crippen LogP contribution is 2.24. The van der Waals surface area contributed by atoms with Gasteiger partial charge in [-0.2, -0.15) is 10.2 Å². The van der Waals surface area contributed by atoms with Crippen molar-refractivity contribution in [2.75, 3.05) is 0 Å². The number of aromatic nitrogens is 6. The number of aryl methyl sites for hydroxylation is 3. The van der Waals surface area contributed by atoms with E-state index < -0.39 is 0 Å². The van der Waals surface area contributed by atoms with Gasteiger partial charge in [0.1, 0.15) is 11.3 Å². The Kier molecular flexibility index (Phi) is 2.26. The van der Waals surface area contributed by atoms with Crippen LogP contribution in [0.15, 0.2) is 6.20 Å². The molecule has 3 aromatic rings. The Morgan fingerprint density at radius 2 is 2.11 bits per heavy atom. The molecule has 3 rings (SSSR count). The Labute approximate surface area is 105 Å². The van der Waals surface area contributed by atoms with Crippen LogP contribution in [0.4, 0.5) is 0 Å². The highest BCUT2D eigenvalue weighted by Gasteiger charge is 2.15. The van der Waals surface area contributed by atoms with Crippen molar-refractivity contribution in [2.24, 2.45) is 7.05 Å². The lowest BCUT2D eigenvalue weighted by Crippen LogP contribution is -1.98. The van der Waals surface area contributed by atoms with Gasteiger partial charge < -0.3 is 4.98 Å². The first-order valence-corrected chi connectivity index (χ1v) is 6.04. The summed E-state index contributed by atoms with van der Waals surface area (Å²) >= 11 is 0. The monoisotopic (exact) mass is 244 g/mol. The van der Waals surface area contributed by atoms with E-state index >= 15 is 0 Å². The van der Waals surface area contributed by atoms with Crippen LogP contribution in [-0.2, 0) is 13.6 Å². The summed E-state index contributed by atoms with van der Waals surface area (Å²) in [6.07, 6.45) is 1.86. The van der Waals surface area contributed by atoms with Gasteiger partial charge in [0.25, 0.3) is 0 Å². The van der Waals surface area contributed by atoms with Crippen molar-refractivity contribution in [3.05, 3.63) is 17.6 Å². The number of hydrogen-bond acceptors (Lipinski definition) is 3. The summed E-state index contributed by atoms with van der Waals surface area (Å²) in [5, 5.41) is 8.68. The molecule has 3 aromatic heterocycles. The van der Waals surface area contributed by atoms with E-state index in [0.717, 1.165) is 40.5 Å². The fourth-order valence-electron chi connectivity index (χ4n) is 2.30. The second kappa shape index (κ2) is 3.69. The molecule has 0 aliphatic carbocycles. The van der Waals surface area contributed by atoms with Crippen molar-refractivity contribution in [1.29, 1.82) is 0 Å². The topological polar surface area (TPSA) is 64.3 Å². The minimum absolute atomic E-state index is 0.860. The number of hydrogen-bond donors (Lipinski definition) is 1. The number of H-pyrrole nitrogens is 1. The molecule has 94 valence electrons. The van der Waals surface area contributed by atoms with E-state index in [1.807, 2.05) is 24.9 Å². The zero-order valence-corrected chi connectivity index (χ0v) is 11.0. The Balaban J connectivity index is 2.19. The van der Waals surface area contributed by atoms with Crippen molar-refractivity contribution in [3.63, 3.8) is 0 Å². The van der Waals surface area contributed by atoms with Gasteiger partial charge in [0.15, 0.2) is 5.65 Å². The zero-order valence-electron chi connectivity index (χ0n) is 11.0. The maximum atomic E-state index is 4.60. The van der Waals surface area contributed by atoms with Gasteiger partial charge >= 0.3 is 0 Å². The van der Waals surface area contributed by atoms with Gasteiger partial charge in [-0.25, -0.2) is 9.67 Å². The van der Waals surface area contributed by atoms with Gasteiger partial charge in [-0.05, 0) is 20.8 Å². The average Bonchev–Trinajstić information content (AvgIpc) is 2.97. The summed E-state index contributed by atoms with van der Waals surface area (Å²) in [6.45, 7) is 6.99. The standard InChI is InChI=1S/C12H16N6/c1-5-18-8(3)9(6-13-18)11-14-10-7(2)16-17(4)12(10)15-11/h6H,5H2,1-4H3,(H,14,15). The molecule has 0 saturated heterocycles. The van der Waals surface area contributed by atoms with Gasteiger partial charge in [-0.3, -0.25) is 4.68 Å². The highest BCUT2D eigenvalue weighted by molar-refractivity contribution is 5.78. The van der Waals surface area contributed by atoms with Crippen LogP contribution in [-0.4, -0.2) is 29.5 Å². The fourth-order valence-corrected chi connectivity index (χ4v) is 2.30. The Bertz CT molecular complexity index is 680. The lowest BCUT2D eigenvalue weighted by Gasteiger charge is -1.99. The number of nitrogens with zero attached hydrogens (tertiary/aromatic N) is 5. The first kappa shape index (κ1) is 11.0. The largest absolute Gasteiger partial charge is 0.335 e. The van der Waals surface area contributed by atoms with E-state index in [2.05, 4.69) is 34.0 Å². The third-order valence-corrected chi connectivity index (χ3v) is 3.31. The third-order valence-electron chi connectivity index (χ3n) is 3.31. The predicted molar refractivity (Wildman–Crippen MR) is 69.2 cm³/mol. The van der Waals surface area contributed by atoms with Crippen molar-refractivity contribution in [3.8, 4) is 11.4 Å². The van der Waals surface area contributed by atoms with E-state index in [1.54, 1.807) is 4.68 Å². The average molecular weight is 244 g/mol. The Morgan fingerprint density at radius 3 is 2.72 bits per heavy atom. The molecule has 18 heavy (non-hydrogen) atoms. The van der Waals surface area contributed by atoms with Gasteiger partial charge in [-0.1, -0.05) is 0 Å². The number of imidazole rings is 1. The molecule has 0 fully saturated rings. The highest BCUT2D eigenvalue weighted by atomic mass is 15.3. The molecule has 0 aliphatic rings. The SMILES string of the molecule is CCn1ncc(-c2nc3c([nH]2)c(C)nn3C)c1C. The van der Waals surface area contributed by atoms with Gasteiger partial charge in [0.05, 0.1) is 17.5 Å². The summed E-state index contributed by atoms with van der Waals surface area (Å²) < 4.78 is 3.76. The van der Waals surface area contributed by atoms with Crippen LogP contribution in [0.1, 0.15) is 18.3 Å². The van der Waals surface area contributed by atoms with Crippen molar-refractivity contribution in [2.45, 2.75) is 27.3 Å². The van der Waals surface area contributed by atoms with Crippen LogP contribution in [0.3, 0.4) is 0 Å². The maximum absolute atomic E-state index is 4.60. The molecule has 0 bridgehead atoms. The van der Waals surface area contributed by atoms with Crippen LogP contribution < -0.4 is 0 Å². The first-order valence-electron chi connectivity index (χ1n) is 6.04. The van der Waals surface area contributed by atoms with Gasteiger partial charge in [0.2, 0.25) is 0 Å². The van der Waals surface area contributed by atoms with Crippen molar-refractivity contribution < 1.29 is 0 Å². The molecule has 0 aromatic carbocycles. The van der Waals surface area contributed by atoms with Crippen LogP contribution >= 0.6 is 0 Å². The molecule has 0 unspecified atom stereocenters. The van der Waals surface area contributed by atoms with E-state index in [4.69, 9.17) is 0 Å². The normalized spacial score (nSPS) is 11.6. The molecule has 0 spiro atoms. The lowest BCUT2D eigenvalue weighted by molar-refractivity contribution is 0.640. The molecule has 6 nitrogen and oxygen atoms in total. The second-order valence-electron chi connectivity index (χ2n) is 4.45. The molecule has 3 heterocycles. The molecule has 0 amide bonds. The number of rotatable bonds is 2. The first-order chi connectivity index (χ1) is 8.61. The number of fused-ring (bicyclic) bond motifs is 1. The second-order valence-corrected chi connectivity index (χ2v) is 4.45. The summed E-state index contributed by atoms with van der Waals surface area (Å²) in [5.74, 6) is 0.860. The molecule has 0 saturated carbocycles. The summed E-state index contributed by atoms with van der Waals surface area (Å²) in [5.41, 5.74) is 5.02. The molecular formula is C12H16N6. The van der Waals surface area contributed by atoms with E-state index in [1.165, 1.54) is 0 Å². The maximum Gasteiger partial charge on any atom is 0.176 e. The molecule has 6 heteroatoms. The minimum atomic E-state index is 0.860. The summed E-state index contributed by atoms with van der Waals surface area (Å²) in [4.78, 5) is 7.93. The van der Waals surface area contributed by atoms with Crippen molar-refractivity contribution in [1.82, 2.24) is 29.5 Å². The Hall–Kier alpha value is -2.11. The molecule has 0 atom stereocenters. The van der Waals surface area contributed by atoms with Crippen LogP contribution in [0, 0.1) is 13.8 Å². The third kappa shape index (κ3) is 1.38. The van der Waals surface area contributed by atoms with E-state index in [0.29, 0.717) is 0 Å². The summed E-state index contributed by atoms with van der Waals surface area (Å²) in [7, 11) is 1.91. The Morgan fingerprint density at radius 1 is 1.33 bits per heavy atom. The molecule has 0 aliphatic heterocycles. The van der Waals surface area contributed by atoms with Gasteiger partial charge in [0, 0.05) is 19.3 Å². The lowest BCUT2D eigenvalue weighted by atomic mass is 10.2. The number of nitrogens with one attached hydrogen (secondary N) is 1. The smallest absolute Gasteiger partial charge is 0.176 e. The zero-order chi connectivity index (χ0) is 12.9. The summed E-state index contributed by atoms with van der Waals surface area (Å²) in [6, 6.07) is 0. The van der Waals surface area contributed by atoms with E-state index in [9.17, 15) is 0 Å². The number of aromatic amines is 1.